The molecular weight excluding hydrogens is 477 g/mol. The molecular formula is C26H15Cl2NO5. The Morgan fingerprint density at radius 3 is 2.03 bits per heavy atom. The highest BCUT2D eigenvalue weighted by Gasteiger charge is 2.74. The number of imide groups is 1. The van der Waals surface area contributed by atoms with Gasteiger partial charge in [-0.3, -0.25) is 19.2 Å². The van der Waals surface area contributed by atoms with Gasteiger partial charge >= 0.3 is 0 Å². The number of hydrogen-bond acceptors (Lipinski definition) is 5. The Hall–Kier alpha value is -3.32. The molecule has 2 aliphatic heterocycles. The minimum atomic E-state index is -2.12. The van der Waals surface area contributed by atoms with Gasteiger partial charge < -0.3 is 4.74 Å². The normalized spacial score (nSPS) is 24.8. The second kappa shape index (κ2) is 7.34. The van der Waals surface area contributed by atoms with Crippen LogP contribution in [0.5, 0.6) is 0 Å². The van der Waals surface area contributed by atoms with Gasteiger partial charge in [-0.2, -0.15) is 0 Å². The molecule has 6 nitrogen and oxygen atoms in total. The molecule has 2 heterocycles. The highest BCUT2D eigenvalue weighted by molar-refractivity contribution is 6.40. The first kappa shape index (κ1) is 21.2. The van der Waals surface area contributed by atoms with E-state index in [1.165, 1.54) is 30.3 Å². The van der Waals surface area contributed by atoms with E-state index in [0.717, 1.165) is 4.90 Å². The first-order valence-electron chi connectivity index (χ1n) is 10.6. The third kappa shape index (κ3) is 2.61. The first-order chi connectivity index (χ1) is 16.4. The van der Waals surface area contributed by atoms with E-state index in [1.807, 2.05) is 0 Å². The van der Waals surface area contributed by atoms with Crippen molar-refractivity contribution < 1.29 is 23.9 Å². The van der Waals surface area contributed by atoms with Crippen molar-refractivity contribution in [2.24, 2.45) is 11.8 Å². The number of fused-ring (bicyclic) bond motifs is 3. The number of nitrogens with zero attached hydrogens (tertiary/aromatic N) is 1. The molecule has 0 saturated carbocycles. The lowest BCUT2D eigenvalue weighted by atomic mass is 9.77. The average Bonchev–Trinajstić information content (AvgIpc) is 3.41. The van der Waals surface area contributed by atoms with E-state index < -0.39 is 46.9 Å². The van der Waals surface area contributed by atoms with Crippen molar-refractivity contribution in [3.05, 3.63) is 99.5 Å². The van der Waals surface area contributed by atoms with E-state index in [-0.39, 0.29) is 26.9 Å². The summed E-state index contributed by atoms with van der Waals surface area (Å²) in [6, 6.07) is 19.6. The van der Waals surface area contributed by atoms with Crippen molar-refractivity contribution in [3.8, 4) is 0 Å². The van der Waals surface area contributed by atoms with Crippen molar-refractivity contribution >= 4 is 52.3 Å². The molecule has 1 aliphatic carbocycles. The number of amides is 2. The van der Waals surface area contributed by atoms with E-state index in [4.69, 9.17) is 27.9 Å². The third-order valence-electron chi connectivity index (χ3n) is 6.80. The lowest BCUT2D eigenvalue weighted by molar-refractivity contribution is -0.127. The second-order valence-corrected chi connectivity index (χ2v) is 9.34. The molecule has 6 rings (SSSR count). The molecule has 0 N–H and O–H groups in total. The van der Waals surface area contributed by atoms with Crippen LogP contribution in [0.25, 0.3) is 0 Å². The minimum Gasteiger partial charge on any atom is -0.349 e. The number of ketones is 2. The molecule has 168 valence electrons. The van der Waals surface area contributed by atoms with Gasteiger partial charge in [0, 0.05) is 16.1 Å². The summed E-state index contributed by atoms with van der Waals surface area (Å²) in [6.07, 6.45) is -0.979. The van der Waals surface area contributed by atoms with Gasteiger partial charge in [0.25, 0.3) is 0 Å². The monoisotopic (exact) mass is 491 g/mol. The predicted octanol–water partition coefficient (Wildman–Crippen LogP) is 4.69. The zero-order chi connectivity index (χ0) is 23.8. The van der Waals surface area contributed by atoms with Crippen LogP contribution in [0.15, 0.2) is 72.8 Å². The van der Waals surface area contributed by atoms with Crippen LogP contribution < -0.4 is 4.90 Å². The van der Waals surface area contributed by atoms with Gasteiger partial charge in [-0.25, -0.2) is 4.90 Å². The lowest BCUT2D eigenvalue weighted by Crippen LogP contribution is -2.51. The molecule has 1 spiro atoms. The summed E-state index contributed by atoms with van der Waals surface area (Å²) < 4.78 is 6.22. The molecule has 8 heteroatoms. The SMILES string of the molecule is O=C1[C@@H]2[C@@H](c3ccccc3)OC3(C(=O)c4ccccc4C3=O)[C@H]2C(=O)N1c1cc(Cl)ccc1Cl. The fraction of sp³-hybridized carbons (Fsp3) is 0.154. The molecule has 2 fully saturated rings. The molecule has 2 saturated heterocycles. The molecule has 0 bridgehead atoms. The fourth-order valence-electron chi connectivity index (χ4n) is 5.36. The highest BCUT2D eigenvalue weighted by atomic mass is 35.5. The van der Waals surface area contributed by atoms with Gasteiger partial charge in [-0.1, -0.05) is 77.8 Å². The van der Waals surface area contributed by atoms with Crippen LogP contribution in [0.3, 0.4) is 0 Å². The maximum Gasteiger partial charge on any atom is 0.241 e. The van der Waals surface area contributed by atoms with Crippen molar-refractivity contribution in [1.82, 2.24) is 0 Å². The first-order valence-corrected chi connectivity index (χ1v) is 11.4. The number of benzene rings is 3. The van der Waals surface area contributed by atoms with Crippen molar-refractivity contribution in [2.45, 2.75) is 11.7 Å². The van der Waals surface area contributed by atoms with Gasteiger partial charge in [-0.15, -0.1) is 0 Å². The molecule has 0 aromatic heterocycles. The summed E-state index contributed by atoms with van der Waals surface area (Å²) >= 11 is 12.5. The van der Waals surface area contributed by atoms with E-state index >= 15 is 0 Å². The van der Waals surface area contributed by atoms with Crippen LogP contribution in [0, 0.1) is 11.8 Å². The Labute approximate surface area is 204 Å². The Bertz CT molecular complexity index is 1380. The molecule has 3 aliphatic rings. The summed E-state index contributed by atoms with van der Waals surface area (Å²) in [7, 11) is 0. The molecule has 0 unspecified atom stereocenters. The van der Waals surface area contributed by atoms with Gasteiger partial charge in [0.15, 0.2) is 0 Å². The maximum atomic E-state index is 13.9. The summed E-state index contributed by atoms with van der Waals surface area (Å²) in [4.78, 5) is 56.0. The average molecular weight is 492 g/mol. The zero-order valence-corrected chi connectivity index (χ0v) is 18.9. The van der Waals surface area contributed by atoms with Crippen LogP contribution in [0.4, 0.5) is 5.69 Å². The number of ether oxygens (including phenoxy) is 1. The number of anilines is 1. The molecule has 3 aromatic carbocycles. The smallest absolute Gasteiger partial charge is 0.241 e. The standard InChI is InChI=1S/C26H15Cl2NO5/c27-14-10-11-17(28)18(12-14)29-24(32)19-20(25(29)33)26(34-21(19)13-6-2-1-3-7-13)22(30)15-8-4-5-9-16(15)23(26)31/h1-12,19-21H/t19-,20+,21+/m0/s1. The van der Waals surface area contributed by atoms with Crippen LogP contribution in [0.2, 0.25) is 10.0 Å². The summed E-state index contributed by atoms with van der Waals surface area (Å²) in [6.45, 7) is 0. The van der Waals surface area contributed by atoms with Crippen molar-refractivity contribution in [2.75, 3.05) is 4.90 Å². The number of carbonyl (C=O) groups excluding carboxylic acids is 4. The van der Waals surface area contributed by atoms with Gasteiger partial charge in [0.1, 0.15) is 0 Å². The van der Waals surface area contributed by atoms with Gasteiger partial charge in [0.2, 0.25) is 29.0 Å². The lowest BCUT2D eigenvalue weighted by Gasteiger charge is -2.27. The Balaban J connectivity index is 1.57. The van der Waals surface area contributed by atoms with Crippen LogP contribution in [-0.2, 0) is 14.3 Å². The van der Waals surface area contributed by atoms with E-state index in [1.54, 1.807) is 42.5 Å². The topological polar surface area (TPSA) is 80.8 Å². The van der Waals surface area contributed by atoms with Gasteiger partial charge in [0.05, 0.1) is 28.6 Å². The van der Waals surface area contributed by atoms with Crippen LogP contribution >= 0.6 is 23.2 Å². The summed E-state index contributed by atoms with van der Waals surface area (Å²) in [5, 5.41) is 0.424. The third-order valence-corrected chi connectivity index (χ3v) is 7.35. The molecule has 2 amide bonds. The molecule has 3 aromatic rings. The van der Waals surface area contributed by atoms with Crippen molar-refractivity contribution in [1.29, 1.82) is 0 Å². The largest absolute Gasteiger partial charge is 0.349 e. The Morgan fingerprint density at radius 1 is 0.765 bits per heavy atom. The molecule has 0 radical (unpaired) electrons. The molecule has 34 heavy (non-hydrogen) atoms. The van der Waals surface area contributed by atoms with E-state index in [0.29, 0.717) is 5.56 Å². The number of Topliss-reactive ketones (excluding diaryl/α,β-unsaturated/α-hetero) is 2. The fourth-order valence-corrected chi connectivity index (χ4v) is 5.72. The van der Waals surface area contributed by atoms with Gasteiger partial charge in [-0.05, 0) is 23.8 Å². The van der Waals surface area contributed by atoms with E-state index in [2.05, 4.69) is 0 Å². The maximum absolute atomic E-state index is 13.9. The zero-order valence-electron chi connectivity index (χ0n) is 17.4. The predicted molar refractivity (Wildman–Crippen MR) is 124 cm³/mol. The molecule has 3 atom stereocenters. The summed E-state index contributed by atoms with van der Waals surface area (Å²) in [5.41, 5.74) is -1.07. The summed E-state index contributed by atoms with van der Waals surface area (Å²) in [5.74, 6) is -4.96. The number of hydrogen-bond donors (Lipinski definition) is 0. The number of rotatable bonds is 2. The van der Waals surface area contributed by atoms with E-state index in [9.17, 15) is 19.2 Å². The van der Waals surface area contributed by atoms with Crippen LogP contribution in [0.1, 0.15) is 32.4 Å². The Morgan fingerprint density at radius 2 is 1.38 bits per heavy atom. The quantitative estimate of drug-likeness (QED) is 0.383. The number of carbonyl (C=O) groups is 4. The highest BCUT2D eigenvalue weighted by Crippen LogP contribution is 2.58. The Kier molecular flexibility index (Phi) is 4.58. The second-order valence-electron chi connectivity index (χ2n) is 8.50. The van der Waals surface area contributed by atoms with Crippen LogP contribution in [-0.4, -0.2) is 29.0 Å². The van der Waals surface area contributed by atoms with Crippen molar-refractivity contribution in [3.63, 3.8) is 0 Å². The minimum absolute atomic E-state index is 0.107. The number of halogens is 2.